The van der Waals surface area contributed by atoms with E-state index in [1.807, 2.05) is 65.7 Å². The van der Waals surface area contributed by atoms with Crippen LogP contribution in [0.1, 0.15) is 43.6 Å². The molecule has 0 bridgehead atoms. The zero-order chi connectivity index (χ0) is 28.3. The Bertz CT molecular complexity index is 1740. The van der Waals surface area contributed by atoms with Crippen LogP contribution in [0.2, 0.25) is 0 Å². The molecule has 8 nitrogen and oxygen atoms in total. The number of benzene rings is 3. The van der Waals surface area contributed by atoms with E-state index in [2.05, 4.69) is 5.32 Å². The minimum Gasteiger partial charge on any atom is -0.497 e. The molecule has 1 aromatic heterocycles. The Morgan fingerprint density at radius 2 is 1.73 bits per heavy atom. The third-order valence-corrected chi connectivity index (χ3v) is 8.56. The number of nitrogens with one attached hydrogen (secondary N) is 1. The quantitative estimate of drug-likeness (QED) is 0.329. The average molecular weight is 547 g/mol. The molecule has 1 saturated heterocycles. The molecule has 3 aliphatic heterocycles. The molecule has 8 heteroatoms. The van der Waals surface area contributed by atoms with Gasteiger partial charge in [-0.05, 0) is 59.2 Å². The lowest BCUT2D eigenvalue weighted by atomic mass is 9.62. The number of fused-ring (bicyclic) bond motifs is 6. The van der Waals surface area contributed by atoms with Gasteiger partial charge in [0.15, 0.2) is 11.5 Å². The first kappa shape index (κ1) is 24.9. The lowest BCUT2D eigenvalue weighted by Gasteiger charge is -2.38. The number of hydrogen-bond acceptors (Lipinski definition) is 7. The number of ketones is 2. The predicted molar refractivity (Wildman–Crippen MR) is 151 cm³/mol. The van der Waals surface area contributed by atoms with Crippen LogP contribution < -0.4 is 14.8 Å². The molecule has 0 unspecified atom stereocenters. The average Bonchev–Trinajstić information content (AvgIpc) is 3.73. The summed E-state index contributed by atoms with van der Waals surface area (Å²) in [5.41, 5.74) is 1.83. The molecule has 1 spiro atoms. The van der Waals surface area contributed by atoms with Crippen LogP contribution in [0.15, 0.2) is 95.7 Å². The first-order chi connectivity index (χ1) is 20.0. The topological polar surface area (TPSA) is 98.1 Å². The number of carbonyl (C=O) groups excluding carboxylic acids is 3. The maximum Gasteiger partial charge on any atom is 0.238 e. The van der Waals surface area contributed by atoms with Gasteiger partial charge in [0.25, 0.3) is 0 Å². The summed E-state index contributed by atoms with van der Waals surface area (Å²) in [4.78, 5) is 45.7. The van der Waals surface area contributed by atoms with E-state index in [9.17, 15) is 9.59 Å². The van der Waals surface area contributed by atoms with Crippen LogP contribution in [0.3, 0.4) is 0 Å². The van der Waals surface area contributed by atoms with Crippen molar-refractivity contribution in [2.24, 2.45) is 5.92 Å². The van der Waals surface area contributed by atoms with Crippen molar-refractivity contribution in [1.82, 2.24) is 4.90 Å². The van der Waals surface area contributed by atoms with Gasteiger partial charge in [0, 0.05) is 11.9 Å². The second-order valence-corrected chi connectivity index (χ2v) is 10.4. The van der Waals surface area contributed by atoms with E-state index in [-0.39, 0.29) is 17.2 Å². The number of anilines is 1. The van der Waals surface area contributed by atoms with Crippen LogP contribution in [0.5, 0.6) is 11.5 Å². The van der Waals surface area contributed by atoms with E-state index < -0.39 is 35.0 Å². The van der Waals surface area contributed by atoms with E-state index in [4.69, 9.17) is 13.9 Å². The van der Waals surface area contributed by atoms with Gasteiger partial charge in [0.1, 0.15) is 23.0 Å². The second kappa shape index (κ2) is 9.23. The Morgan fingerprint density at radius 1 is 0.927 bits per heavy atom. The van der Waals surface area contributed by atoms with Gasteiger partial charge >= 0.3 is 0 Å². The summed E-state index contributed by atoms with van der Waals surface area (Å²) in [7, 11) is 2.99. The summed E-state index contributed by atoms with van der Waals surface area (Å²) < 4.78 is 16.6. The van der Waals surface area contributed by atoms with Crippen LogP contribution in [0.4, 0.5) is 5.69 Å². The smallest absolute Gasteiger partial charge is 0.238 e. The zero-order valence-corrected chi connectivity index (χ0v) is 22.4. The van der Waals surface area contributed by atoms with Gasteiger partial charge in [-0.1, -0.05) is 42.5 Å². The SMILES string of the molecule is COc1ccc(OC)c(C(=O)[C@@H]2[C@H](C(=O)c3ccco3)N3C=Cc4ccccc4[C@@H]3[C@@]23C(=O)Nc2ccccc23)c1. The lowest BCUT2D eigenvalue weighted by molar-refractivity contribution is -0.122. The van der Waals surface area contributed by atoms with Crippen molar-refractivity contribution in [2.45, 2.75) is 17.5 Å². The molecule has 1 amide bonds. The van der Waals surface area contributed by atoms with Crippen LogP contribution in [-0.4, -0.2) is 42.6 Å². The molecule has 0 saturated carbocycles. The molecule has 1 N–H and O–H groups in total. The standard InChI is InChI=1S/C33H26N2O6/c1-39-20-13-14-25(40-2)22(18-20)29(36)27-28(30(37)26-12-7-17-41-26)35-16-15-19-8-3-4-9-21(19)31(35)33(27)23-10-5-6-11-24(23)34-32(33)38/h3-18,27-28,31H,1-2H3,(H,34,38)/t27-,28+,31+,33-/m0/s1. The van der Waals surface area contributed by atoms with Crippen molar-refractivity contribution >= 4 is 29.2 Å². The number of rotatable bonds is 6. The molecule has 0 aliphatic carbocycles. The Balaban J connectivity index is 1.56. The molecule has 3 aromatic carbocycles. The van der Waals surface area contributed by atoms with E-state index in [0.717, 1.165) is 11.1 Å². The largest absolute Gasteiger partial charge is 0.497 e. The fraction of sp³-hybridized carbons (Fsp3) is 0.182. The third-order valence-electron chi connectivity index (χ3n) is 8.56. The Kier molecular flexibility index (Phi) is 5.61. The molecule has 7 rings (SSSR count). The number of furan rings is 1. The molecular formula is C33H26N2O6. The third kappa shape index (κ3) is 3.37. The van der Waals surface area contributed by atoms with Crippen molar-refractivity contribution in [3.05, 3.63) is 119 Å². The molecule has 41 heavy (non-hydrogen) atoms. The number of carbonyl (C=O) groups is 3. The Morgan fingerprint density at radius 3 is 2.51 bits per heavy atom. The number of Topliss-reactive ketones (excluding diaryl/α,β-unsaturated/α-hetero) is 2. The van der Waals surface area contributed by atoms with Crippen LogP contribution in [0, 0.1) is 5.92 Å². The fourth-order valence-electron chi connectivity index (χ4n) is 6.91. The number of hydrogen-bond donors (Lipinski definition) is 1. The van der Waals surface area contributed by atoms with Gasteiger partial charge in [-0.2, -0.15) is 0 Å². The number of methoxy groups -OCH3 is 2. The number of amides is 1. The first-order valence-electron chi connectivity index (χ1n) is 13.3. The molecule has 204 valence electrons. The van der Waals surface area contributed by atoms with Gasteiger partial charge in [-0.25, -0.2) is 0 Å². The number of para-hydroxylation sites is 1. The van der Waals surface area contributed by atoms with Crippen LogP contribution in [0.25, 0.3) is 6.08 Å². The van der Waals surface area contributed by atoms with E-state index in [0.29, 0.717) is 22.7 Å². The van der Waals surface area contributed by atoms with Crippen molar-refractivity contribution < 1.29 is 28.3 Å². The predicted octanol–water partition coefficient (Wildman–Crippen LogP) is 5.28. The highest BCUT2D eigenvalue weighted by Crippen LogP contribution is 2.62. The minimum absolute atomic E-state index is 0.111. The highest BCUT2D eigenvalue weighted by molar-refractivity contribution is 6.17. The summed E-state index contributed by atoms with van der Waals surface area (Å²) in [6.07, 6.45) is 5.17. The first-order valence-corrected chi connectivity index (χ1v) is 13.3. The molecule has 1 fully saturated rings. The Labute approximate surface area is 236 Å². The monoisotopic (exact) mass is 546 g/mol. The van der Waals surface area contributed by atoms with Gasteiger partial charge in [0.2, 0.25) is 11.7 Å². The number of ether oxygens (including phenoxy) is 2. The summed E-state index contributed by atoms with van der Waals surface area (Å²) in [6, 6.07) is 21.6. The summed E-state index contributed by atoms with van der Waals surface area (Å²) in [5, 5.41) is 3.04. The molecule has 3 aliphatic rings. The maximum absolute atomic E-state index is 15.0. The van der Waals surface area contributed by atoms with E-state index in [1.54, 1.807) is 30.3 Å². The zero-order valence-electron chi connectivity index (χ0n) is 22.4. The minimum atomic E-state index is -1.45. The molecule has 4 aromatic rings. The van der Waals surface area contributed by atoms with Crippen molar-refractivity contribution in [2.75, 3.05) is 19.5 Å². The van der Waals surface area contributed by atoms with E-state index in [1.165, 1.54) is 20.5 Å². The van der Waals surface area contributed by atoms with E-state index >= 15 is 4.79 Å². The lowest BCUT2D eigenvalue weighted by Crippen LogP contribution is -2.49. The van der Waals surface area contributed by atoms with Gasteiger partial charge in [0.05, 0.1) is 38.0 Å². The molecular weight excluding hydrogens is 520 g/mol. The molecule has 4 atom stereocenters. The van der Waals surface area contributed by atoms with Crippen molar-refractivity contribution in [3.8, 4) is 11.5 Å². The van der Waals surface area contributed by atoms with Crippen LogP contribution >= 0.6 is 0 Å². The van der Waals surface area contributed by atoms with Gasteiger partial charge < -0.3 is 24.1 Å². The van der Waals surface area contributed by atoms with Gasteiger partial charge in [-0.3, -0.25) is 14.4 Å². The highest BCUT2D eigenvalue weighted by Gasteiger charge is 2.71. The normalized spacial score (nSPS) is 23.5. The van der Waals surface area contributed by atoms with Gasteiger partial charge in [-0.15, -0.1) is 0 Å². The van der Waals surface area contributed by atoms with Crippen LogP contribution in [-0.2, 0) is 10.2 Å². The summed E-state index contributed by atoms with van der Waals surface area (Å²) >= 11 is 0. The van der Waals surface area contributed by atoms with Crippen molar-refractivity contribution in [3.63, 3.8) is 0 Å². The van der Waals surface area contributed by atoms with Crippen molar-refractivity contribution in [1.29, 1.82) is 0 Å². The highest BCUT2D eigenvalue weighted by atomic mass is 16.5. The molecule has 4 heterocycles. The summed E-state index contributed by atoms with van der Waals surface area (Å²) in [6.45, 7) is 0. The maximum atomic E-state index is 15.0. The molecule has 0 radical (unpaired) electrons. The summed E-state index contributed by atoms with van der Waals surface area (Å²) in [5.74, 6) is -1.40. The number of nitrogens with zero attached hydrogens (tertiary/aromatic N) is 1. The fourth-order valence-corrected chi connectivity index (χ4v) is 6.91. The second-order valence-electron chi connectivity index (χ2n) is 10.4. The Hall–Kier alpha value is -5.11.